The summed E-state index contributed by atoms with van der Waals surface area (Å²) in [7, 11) is 2.91. The largest absolute Gasteiger partial charge is 0.481 e. The first-order chi connectivity index (χ1) is 19.1. The van der Waals surface area contributed by atoms with Gasteiger partial charge in [-0.05, 0) is 30.6 Å². The van der Waals surface area contributed by atoms with E-state index in [0.717, 1.165) is 0 Å². The summed E-state index contributed by atoms with van der Waals surface area (Å²) >= 11 is 0. The van der Waals surface area contributed by atoms with Crippen molar-refractivity contribution in [3.8, 4) is 0 Å². The maximum absolute atomic E-state index is 13.0. The highest BCUT2D eigenvalue weighted by Crippen LogP contribution is 2.25. The van der Waals surface area contributed by atoms with Crippen molar-refractivity contribution in [2.24, 2.45) is 23.5 Å². The van der Waals surface area contributed by atoms with Crippen LogP contribution in [0.25, 0.3) is 0 Å². The van der Waals surface area contributed by atoms with Crippen molar-refractivity contribution < 1.29 is 29.1 Å². The molecule has 1 aliphatic rings. The molecule has 1 heterocycles. The molecule has 0 aromatic carbocycles. The van der Waals surface area contributed by atoms with Gasteiger partial charge in [-0.15, -0.1) is 0 Å². The number of carbonyl (C=O) groups is 5. The summed E-state index contributed by atoms with van der Waals surface area (Å²) in [6.45, 7) is 11.9. The molecule has 0 saturated carbocycles. The maximum Gasteiger partial charge on any atom is 0.305 e. The summed E-state index contributed by atoms with van der Waals surface area (Å²) in [4.78, 5) is 62.8. The van der Waals surface area contributed by atoms with Gasteiger partial charge in [0.05, 0.1) is 6.42 Å². The number of hydrogen-bond donors (Lipinski definition) is 6. The van der Waals surface area contributed by atoms with E-state index in [9.17, 15) is 29.1 Å². The minimum atomic E-state index is -0.982. The van der Waals surface area contributed by atoms with Gasteiger partial charge in [-0.25, -0.2) is 0 Å². The highest BCUT2D eigenvalue weighted by Gasteiger charge is 2.26. The first-order valence-corrected chi connectivity index (χ1v) is 17.0. The lowest BCUT2D eigenvalue weighted by atomic mass is 9.99. The molecule has 0 spiro atoms. The average molecular weight is 618 g/mol. The van der Waals surface area contributed by atoms with Crippen LogP contribution in [-0.2, 0) is 24.0 Å². The molecule has 0 aliphatic carbocycles. The number of rotatable bonds is 13. The van der Waals surface area contributed by atoms with Crippen molar-refractivity contribution in [2.75, 3.05) is 11.5 Å². The van der Waals surface area contributed by atoms with Crippen LogP contribution in [-0.4, -0.2) is 76.4 Å². The molecule has 1 unspecified atom stereocenters. The lowest BCUT2D eigenvalue weighted by Gasteiger charge is -2.24. The summed E-state index contributed by atoms with van der Waals surface area (Å²) in [5, 5.41) is 20.9. The van der Waals surface area contributed by atoms with Gasteiger partial charge < -0.3 is 32.1 Å². The molecule has 11 nitrogen and oxygen atoms in total. The molecule has 0 bridgehead atoms. The molecule has 1 rings (SSSR count). The molecule has 1 fully saturated rings. The molecule has 7 N–H and O–H groups in total. The van der Waals surface area contributed by atoms with Gasteiger partial charge >= 0.3 is 5.97 Å². The zero-order valence-corrected chi connectivity index (χ0v) is 27.0. The summed E-state index contributed by atoms with van der Waals surface area (Å²) in [5.74, 6) is -0.552. The molecular formula is C28H51N5O6S2. The van der Waals surface area contributed by atoms with Crippen molar-refractivity contribution in [1.29, 1.82) is 0 Å². The van der Waals surface area contributed by atoms with Crippen LogP contribution in [0.4, 0.5) is 0 Å². The Balaban J connectivity index is 3.00. The van der Waals surface area contributed by atoms with Gasteiger partial charge in [-0.2, -0.15) is 0 Å². The Morgan fingerprint density at radius 2 is 1.51 bits per heavy atom. The van der Waals surface area contributed by atoms with E-state index in [1.54, 1.807) is 0 Å². The third-order valence-corrected chi connectivity index (χ3v) is 9.15. The van der Waals surface area contributed by atoms with E-state index < -0.39 is 30.1 Å². The minimum absolute atomic E-state index is 0.00196. The fourth-order valence-electron chi connectivity index (χ4n) is 4.57. The average Bonchev–Trinajstić information content (AvgIpc) is 2.80. The molecule has 13 heteroatoms. The van der Waals surface area contributed by atoms with Crippen LogP contribution < -0.4 is 27.0 Å². The smallest absolute Gasteiger partial charge is 0.305 e. The second kappa shape index (κ2) is 19.2. The second-order valence-electron chi connectivity index (χ2n) is 12.2. The molecule has 236 valence electrons. The molecule has 41 heavy (non-hydrogen) atoms. The first-order valence-electron chi connectivity index (χ1n) is 14.5. The normalized spacial score (nSPS) is 22.5. The summed E-state index contributed by atoms with van der Waals surface area (Å²) in [5.41, 5.74) is 6.07. The summed E-state index contributed by atoms with van der Waals surface area (Å²) in [6, 6.07) is -2.08. The van der Waals surface area contributed by atoms with Gasteiger partial charge in [0.15, 0.2) is 0 Å². The number of nitrogens with one attached hydrogen (secondary N) is 4. The van der Waals surface area contributed by atoms with Crippen molar-refractivity contribution in [2.45, 2.75) is 117 Å². The maximum atomic E-state index is 13.0. The Kier molecular flexibility index (Phi) is 17.4. The number of nitrogens with two attached hydrogens (primary N) is 1. The lowest BCUT2D eigenvalue weighted by molar-refractivity contribution is -0.138. The third-order valence-electron chi connectivity index (χ3n) is 6.59. The number of hydrogen-bond acceptors (Lipinski definition) is 8. The molecule has 4 amide bonds. The predicted octanol–water partition coefficient (Wildman–Crippen LogP) is 2.43. The van der Waals surface area contributed by atoms with Gasteiger partial charge in [0.2, 0.25) is 23.6 Å². The van der Waals surface area contributed by atoms with Crippen LogP contribution >= 0.6 is 21.6 Å². The molecule has 0 radical (unpaired) electrons. The van der Waals surface area contributed by atoms with Gasteiger partial charge in [-0.3, -0.25) is 24.0 Å². The highest BCUT2D eigenvalue weighted by molar-refractivity contribution is 8.76. The van der Waals surface area contributed by atoms with E-state index in [1.807, 2.05) is 41.5 Å². The Hall–Kier alpha value is -1.99. The van der Waals surface area contributed by atoms with Crippen LogP contribution in [0.15, 0.2) is 0 Å². The number of carboxylic acid groups (broad SMARTS) is 1. The number of amides is 4. The van der Waals surface area contributed by atoms with E-state index in [4.69, 9.17) is 5.73 Å². The highest BCUT2D eigenvalue weighted by atomic mass is 33.1. The molecule has 5 atom stereocenters. The third kappa shape index (κ3) is 17.5. The van der Waals surface area contributed by atoms with Crippen LogP contribution in [0.1, 0.15) is 86.5 Å². The quantitative estimate of drug-likeness (QED) is 0.169. The van der Waals surface area contributed by atoms with Crippen molar-refractivity contribution >= 4 is 51.2 Å². The summed E-state index contributed by atoms with van der Waals surface area (Å²) in [6.07, 6.45) is 1.28. The number of carbonyl (C=O) groups excluding carboxylic acids is 4. The topological polar surface area (TPSA) is 180 Å². The molecule has 0 aromatic heterocycles. The van der Waals surface area contributed by atoms with Gasteiger partial charge in [-0.1, -0.05) is 63.1 Å². The van der Waals surface area contributed by atoms with Crippen molar-refractivity contribution in [3.05, 3.63) is 0 Å². The second-order valence-corrected chi connectivity index (χ2v) is 14.8. The van der Waals surface area contributed by atoms with Crippen LogP contribution in [0, 0.1) is 17.8 Å². The minimum Gasteiger partial charge on any atom is -0.481 e. The van der Waals surface area contributed by atoms with E-state index in [0.29, 0.717) is 24.3 Å². The van der Waals surface area contributed by atoms with Gasteiger partial charge in [0, 0.05) is 67.4 Å². The Morgan fingerprint density at radius 1 is 0.902 bits per heavy atom. The Bertz CT molecular complexity index is 873. The SMILES string of the molecule is CC(C)C[C@@H](CC(=O)O)NC(=O)CC1CSSC[C@H](NC(=O)C[C@@H](N)C(C)C)CC(=O)N[C@@H](CC(C)C)CC(=O)N1. The fourth-order valence-corrected chi connectivity index (χ4v) is 7.05. The van der Waals surface area contributed by atoms with Gasteiger partial charge in [0.1, 0.15) is 0 Å². The fraction of sp³-hybridized carbons (Fsp3) is 0.821. The lowest BCUT2D eigenvalue weighted by Crippen LogP contribution is -2.47. The van der Waals surface area contributed by atoms with Crippen LogP contribution in [0.3, 0.4) is 0 Å². The Morgan fingerprint density at radius 3 is 2.10 bits per heavy atom. The van der Waals surface area contributed by atoms with Crippen molar-refractivity contribution in [1.82, 2.24) is 21.3 Å². The number of carboxylic acids is 1. The molecule has 1 saturated heterocycles. The van der Waals surface area contributed by atoms with Gasteiger partial charge in [0.25, 0.3) is 0 Å². The van der Waals surface area contributed by atoms with Crippen molar-refractivity contribution in [3.63, 3.8) is 0 Å². The monoisotopic (exact) mass is 617 g/mol. The zero-order valence-electron chi connectivity index (χ0n) is 25.4. The standard InChI is InChI=1S/C28H51N5O6S2/c1-16(2)7-19-9-24(34)32-21(10-26(36)31-20(8-17(3)4)12-28(38)39)14-40-41-15-22(11-25(35)30-19)33-27(37)13-23(29)18(5)6/h16-23H,7-15,29H2,1-6H3,(H,30,35)(H,31,36)(H,32,34)(H,33,37)(H,38,39)/t19-,20-,21?,22+,23+/m0/s1. The first kappa shape index (κ1) is 37.0. The Labute approximate surface area is 252 Å². The molecule has 1 aliphatic heterocycles. The van der Waals surface area contributed by atoms with E-state index in [-0.39, 0.29) is 79.5 Å². The zero-order chi connectivity index (χ0) is 31.1. The van der Waals surface area contributed by atoms with E-state index >= 15 is 0 Å². The predicted molar refractivity (Wildman–Crippen MR) is 165 cm³/mol. The van der Waals surface area contributed by atoms with Crippen LogP contribution in [0.2, 0.25) is 0 Å². The van der Waals surface area contributed by atoms with E-state index in [2.05, 4.69) is 21.3 Å². The van der Waals surface area contributed by atoms with E-state index in [1.165, 1.54) is 21.6 Å². The van der Waals surface area contributed by atoms with Crippen LogP contribution in [0.5, 0.6) is 0 Å². The number of aliphatic carboxylic acids is 1. The molecular weight excluding hydrogens is 566 g/mol. The molecule has 0 aromatic rings. The summed E-state index contributed by atoms with van der Waals surface area (Å²) < 4.78 is 0.